The maximum atomic E-state index is 12.9. The second-order valence-electron chi connectivity index (χ2n) is 4.96. The molecule has 0 aliphatic heterocycles. The van der Waals surface area contributed by atoms with Crippen molar-refractivity contribution in [2.75, 3.05) is 11.9 Å². The van der Waals surface area contributed by atoms with Crippen molar-refractivity contribution in [3.05, 3.63) is 35.5 Å². The highest BCUT2D eigenvalue weighted by Gasteiger charge is 2.44. The van der Waals surface area contributed by atoms with Crippen LogP contribution in [-0.2, 0) is 0 Å². The van der Waals surface area contributed by atoms with E-state index in [4.69, 9.17) is 6.42 Å². The zero-order valence-electron chi connectivity index (χ0n) is 12.6. The number of Topliss-reactive ketones (excluding diaryl/α,β-unsaturated/α-hetero) is 2. The highest BCUT2D eigenvalue weighted by atomic mass is 19.4. The van der Waals surface area contributed by atoms with Crippen LogP contribution in [0.25, 0.3) is 10.9 Å². The summed E-state index contributed by atoms with van der Waals surface area (Å²) in [6, 6.07) is 2.59. The molecule has 136 valence electrons. The molecule has 0 aliphatic carbocycles. The number of ketones is 2. The van der Waals surface area contributed by atoms with Crippen LogP contribution < -0.4 is 5.32 Å². The van der Waals surface area contributed by atoms with E-state index in [1.807, 2.05) is 0 Å². The van der Waals surface area contributed by atoms with Crippen LogP contribution in [0.2, 0.25) is 0 Å². The minimum atomic E-state index is -5.37. The Labute approximate surface area is 142 Å². The van der Waals surface area contributed by atoms with Gasteiger partial charge in [-0.15, -0.1) is 6.42 Å². The van der Waals surface area contributed by atoms with Gasteiger partial charge in [-0.2, -0.15) is 26.3 Å². The Hall–Kier alpha value is -3.09. The third-order valence-electron chi connectivity index (χ3n) is 3.26. The monoisotopic (exact) mass is 374 g/mol. The molecular weight excluding hydrogens is 366 g/mol. The van der Waals surface area contributed by atoms with Crippen molar-refractivity contribution in [1.29, 1.82) is 0 Å². The lowest BCUT2D eigenvalue weighted by atomic mass is 9.96. The molecule has 0 radical (unpaired) electrons. The molecule has 1 aromatic carbocycles. The molecule has 2 rings (SSSR count). The summed E-state index contributed by atoms with van der Waals surface area (Å²) in [6.45, 7) is -0.311. The molecule has 0 bridgehead atoms. The van der Waals surface area contributed by atoms with Gasteiger partial charge in [0.15, 0.2) is 0 Å². The average Bonchev–Trinajstić information content (AvgIpc) is 2.56. The highest BCUT2D eigenvalue weighted by Crippen LogP contribution is 2.35. The minimum Gasteiger partial charge on any atom is -0.373 e. The SMILES string of the molecule is C#CCNc1c(C(=O)C(F)(F)F)cc(C(=O)C(F)(F)F)c2ncccc12. The number of nitrogens with one attached hydrogen (secondary N) is 1. The van der Waals surface area contributed by atoms with Crippen molar-refractivity contribution in [3.63, 3.8) is 0 Å². The summed E-state index contributed by atoms with van der Waals surface area (Å²) in [4.78, 5) is 27.0. The number of rotatable bonds is 4. The summed E-state index contributed by atoms with van der Waals surface area (Å²) in [5.74, 6) is -2.76. The molecular formula is C16H8F6N2O2. The number of alkyl halides is 6. The Kier molecular flexibility index (Phi) is 4.93. The summed E-state index contributed by atoms with van der Waals surface area (Å²) in [7, 11) is 0. The van der Waals surface area contributed by atoms with E-state index in [1.54, 1.807) is 0 Å². The number of carbonyl (C=O) groups excluding carboxylic acids is 2. The van der Waals surface area contributed by atoms with Crippen LogP contribution in [-0.4, -0.2) is 35.4 Å². The first-order chi connectivity index (χ1) is 12.0. The third-order valence-corrected chi connectivity index (χ3v) is 3.26. The van der Waals surface area contributed by atoms with Crippen molar-refractivity contribution >= 4 is 28.2 Å². The molecule has 0 unspecified atom stereocenters. The van der Waals surface area contributed by atoms with Crippen LogP contribution in [0.4, 0.5) is 32.0 Å². The number of hydrogen-bond donors (Lipinski definition) is 1. The molecule has 0 amide bonds. The Morgan fingerprint density at radius 3 is 2.19 bits per heavy atom. The number of halogens is 6. The number of aromatic nitrogens is 1. The predicted octanol–water partition coefficient (Wildman–Crippen LogP) is 3.77. The number of terminal acetylenes is 1. The first-order valence-corrected chi connectivity index (χ1v) is 6.80. The molecule has 0 fully saturated rings. The van der Waals surface area contributed by atoms with Gasteiger partial charge in [-0.3, -0.25) is 14.6 Å². The van der Waals surface area contributed by atoms with Crippen molar-refractivity contribution in [2.24, 2.45) is 0 Å². The third kappa shape index (κ3) is 3.61. The van der Waals surface area contributed by atoms with Gasteiger partial charge in [-0.05, 0) is 18.2 Å². The van der Waals surface area contributed by atoms with Gasteiger partial charge in [0.25, 0.3) is 11.6 Å². The normalized spacial score (nSPS) is 11.9. The topological polar surface area (TPSA) is 59.1 Å². The molecule has 1 heterocycles. The smallest absolute Gasteiger partial charge is 0.373 e. The van der Waals surface area contributed by atoms with Crippen molar-refractivity contribution in [1.82, 2.24) is 4.98 Å². The number of carbonyl (C=O) groups is 2. The number of nitrogens with zero attached hydrogens (tertiary/aromatic N) is 1. The van der Waals surface area contributed by atoms with Gasteiger partial charge in [0.05, 0.1) is 28.9 Å². The number of benzene rings is 1. The number of fused-ring (bicyclic) bond motifs is 1. The van der Waals surface area contributed by atoms with Gasteiger partial charge in [0.1, 0.15) is 0 Å². The summed E-state index contributed by atoms with van der Waals surface area (Å²) in [6.07, 6.45) is -4.65. The van der Waals surface area contributed by atoms with E-state index in [-0.39, 0.29) is 18.0 Å². The fourth-order valence-corrected chi connectivity index (χ4v) is 2.24. The lowest BCUT2D eigenvalue weighted by molar-refractivity contribution is -0.0886. The molecule has 0 spiro atoms. The van der Waals surface area contributed by atoms with Crippen LogP contribution in [0.3, 0.4) is 0 Å². The second-order valence-corrected chi connectivity index (χ2v) is 4.96. The predicted molar refractivity (Wildman–Crippen MR) is 79.8 cm³/mol. The zero-order chi connectivity index (χ0) is 19.7. The van der Waals surface area contributed by atoms with Gasteiger partial charge < -0.3 is 5.32 Å². The Bertz CT molecular complexity index is 925. The molecule has 26 heavy (non-hydrogen) atoms. The summed E-state index contributed by atoms with van der Waals surface area (Å²) < 4.78 is 77.0. The van der Waals surface area contributed by atoms with E-state index in [1.165, 1.54) is 6.07 Å². The summed E-state index contributed by atoms with van der Waals surface area (Å²) in [5.41, 5.74) is -3.27. The zero-order valence-corrected chi connectivity index (χ0v) is 12.6. The first kappa shape index (κ1) is 19.2. The van der Waals surface area contributed by atoms with E-state index < -0.39 is 46.3 Å². The number of anilines is 1. The van der Waals surface area contributed by atoms with Crippen LogP contribution >= 0.6 is 0 Å². The maximum absolute atomic E-state index is 12.9. The Balaban J connectivity index is 2.89. The van der Waals surface area contributed by atoms with E-state index in [2.05, 4.69) is 16.2 Å². The highest BCUT2D eigenvalue weighted by molar-refractivity contribution is 6.18. The fraction of sp³-hybridized carbons (Fsp3) is 0.188. The van der Waals surface area contributed by atoms with E-state index in [0.717, 1.165) is 12.3 Å². The maximum Gasteiger partial charge on any atom is 0.454 e. The standard InChI is InChI=1S/C16H8F6N2O2/c1-2-5-23-11-8-4-3-6-24-12(8)10(14(26)16(20,21)22)7-9(11)13(25)15(17,18)19/h1,3-4,6-7,23H,5H2. The molecule has 2 aromatic rings. The summed E-state index contributed by atoms with van der Waals surface area (Å²) in [5, 5.41) is 2.10. The van der Waals surface area contributed by atoms with Crippen molar-refractivity contribution < 1.29 is 35.9 Å². The minimum absolute atomic E-state index is 0.236. The van der Waals surface area contributed by atoms with Gasteiger partial charge in [-0.1, -0.05) is 5.92 Å². The first-order valence-electron chi connectivity index (χ1n) is 6.80. The van der Waals surface area contributed by atoms with Crippen LogP contribution in [0, 0.1) is 12.3 Å². The number of pyridine rings is 1. The molecule has 10 heteroatoms. The molecule has 1 aromatic heterocycles. The van der Waals surface area contributed by atoms with Crippen LogP contribution in [0.1, 0.15) is 20.7 Å². The van der Waals surface area contributed by atoms with E-state index >= 15 is 0 Å². The molecule has 0 atom stereocenters. The fourth-order valence-electron chi connectivity index (χ4n) is 2.24. The average molecular weight is 374 g/mol. The van der Waals surface area contributed by atoms with Crippen molar-refractivity contribution in [2.45, 2.75) is 12.4 Å². The molecule has 4 nitrogen and oxygen atoms in total. The Morgan fingerprint density at radius 2 is 1.65 bits per heavy atom. The van der Waals surface area contributed by atoms with Crippen LogP contribution in [0.15, 0.2) is 24.4 Å². The molecule has 0 saturated heterocycles. The van der Waals surface area contributed by atoms with Crippen LogP contribution in [0.5, 0.6) is 0 Å². The molecule has 1 N–H and O–H groups in total. The lowest BCUT2D eigenvalue weighted by Crippen LogP contribution is -2.27. The quantitative estimate of drug-likeness (QED) is 0.503. The Morgan fingerprint density at radius 1 is 1.08 bits per heavy atom. The summed E-state index contributed by atoms with van der Waals surface area (Å²) >= 11 is 0. The van der Waals surface area contributed by atoms with Gasteiger partial charge in [0, 0.05) is 11.6 Å². The largest absolute Gasteiger partial charge is 0.454 e. The molecule has 0 aliphatic rings. The second kappa shape index (κ2) is 6.67. The van der Waals surface area contributed by atoms with Crippen molar-refractivity contribution in [3.8, 4) is 12.3 Å². The lowest BCUT2D eigenvalue weighted by Gasteiger charge is -2.17. The number of hydrogen-bond acceptors (Lipinski definition) is 4. The van der Waals surface area contributed by atoms with Gasteiger partial charge in [0.2, 0.25) is 0 Å². The molecule has 0 saturated carbocycles. The van der Waals surface area contributed by atoms with E-state index in [9.17, 15) is 35.9 Å². The van der Waals surface area contributed by atoms with Gasteiger partial charge >= 0.3 is 12.4 Å². The van der Waals surface area contributed by atoms with Gasteiger partial charge in [-0.25, -0.2) is 0 Å². The van der Waals surface area contributed by atoms with E-state index in [0.29, 0.717) is 0 Å².